The van der Waals surface area contributed by atoms with Crippen LogP contribution in [0.4, 0.5) is 5.95 Å². The molecular weight excluding hydrogens is 300 g/mol. The van der Waals surface area contributed by atoms with Gasteiger partial charge in [0.15, 0.2) is 5.76 Å². The fraction of sp³-hybridized carbons (Fsp3) is 0.133. The van der Waals surface area contributed by atoms with E-state index in [2.05, 4.69) is 10.1 Å². The van der Waals surface area contributed by atoms with Crippen LogP contribution in [0.5, 0.6) is 11.5 Å². The molecule has 2 aromatic heterocycles. The molecule has 0 aliphatic carbocycles. The second kappa shape index (κ2) is 5.84. The zero-order valence-electron chi connectivity index (χ0n) is 12.5. The van der Waals surface area contributed by atoms with Gasteiger partial charge < -0.3 is 19.6 Å². The molecule has 0 aliphatic heterocycles. The van der Waals surface area contributed by atoms with Crippen LogP contribution < -0.4 is 15.2 Å². The number of furan rings is 1. The van der Waals surface area contributed by atoms with Crippen LogP contribution in [0.15, 0.2) is 41.0 Å². The number of anilines is 1. The van der Waals surface area contributed by atoms with Gasteiger partial charge in [0.05, 0.1) is 20.5 Å². The predicted molar refractivity (Wildman–Crippen MR) is 81.4 cm³/mol. The minimum absolute atomic E-state index is 0.0387. The highest BCUT2D eigenvalue weighted by Gasteiger charge is 2.19. The molecule has 1 aromatic carbocycles. The zero-order valence-corrected chi connectivity index (χ0v) is 12.5. The summed E-state index contributed by atoms with van der Waals surface area (Å²) in [5, 5.41) is 4.10. The summed E-state index contributed by atoms with van der Waals surface area (Å²) in [5.74, 6) is 1.13. The molecular formula is C15H14N4O4. The normalized spacial score (nSPS) is 10.5. The lowest BCUT2D eigenvalue weighted by atomic mass is 10.2. The summed E-state index contributed by atoms with van der Waals surface area (Å²) in [6, 6.07) is 8.17. The van der Waals surface area contributed by atoms with Crippen LogP contribution in [0.1, 0.15) is 10.4 Å². The quantitative estimate of drug-likeness (QED) is 0.783. The average Bonchev–Trinajstić information content (AvgIpc) is 3.23. The van der Waals surface area contributed by atoms with Gasteiger partial charge in [-0.05, 0) is 24.3 Å². The van der Waals surface area contributed by atoms with E-state index in [4.69, 9.17) is 19.6 Å². The molecule has 23 heavy (non-hydrogen) atoms. The van der Waals surface area contributed by atoms with Crippen molar-refractivity contribution in [2.45, 2.75) is 0 Å². The molecule has 0 unspecified atom stereocenters. The third-order valence-electron chi connectivity index (χ3n) is 3.16. The first-order chi connectivity index (χ1) is 11.1. The third-order valence-corrected chi connectivity index (χ3v) is 3.16. The Balaban J connectivity index is 2.01. The standard InChI is InChI=1S/C15H14N4O4/c1-21-10-6-9(7-11(8-10)22-2)14(20)19-15(16)17-13(18-19)12-4-3-5-23-12/h3-8H,1-2H3,(H2,16,17,18). The van der Waals surface area contributed by atoms with Gasteiger partial charge in [0, 0.05) is 11.6 Å². The number of hydrogen-bond acceptors (Lipinski definition) is 7. The van der Waals surface area contributed by atoms with Crippen LogP contribution in [0, 0.1) is 0 Å². The van der Waals surface area contributed by atoms with Crippen molar-refractivity contribution in [3.05, 3.63) is 42.2 Å². The summed E-state index contributed by atoms with van der Waals surface area (Å²) in [6.07, 6.45) is 1.49. The van der Waals surface area contributed by atoms with Crippen molar-refractivity contribution in [2.75, 3.05) is 20.0 Å². The first-order valence-corrected chi connectivity index (χ1v) is 6.66. The molecule has 8 nitrogen and oxygen atoms in total. The van der Waals surface area contributed by atoms with Gasteiger partial charge in [-0.1, -0.05) is 0 Å². The van der Waals surface area contributed by atoms with Crippen LogP contribution in [0.3, 0.4) is 0 Å². The van der Waals surface area contributed by atoms with Crippen LogP contribution in [0.2, 0.25) is 0 Å². The first kappa shape index (κ1) is 14.6. The number of methoxy groups -OCH3 is 2. The monoisotopic (exact) mass is 314 g/mol. The highest BCUT2D eigenvalue weighted by molar-refractivity contribution is 5.97. The summed E-state index contributed by atoms with van der Waals surface area (Å²) in [7, 11) is 3.00. The lowest BCUT2D eigenvalue weighted by Crippen LogP contribution is -2.16. The van der Waals surface area contributed by atoms with E-state index in [1.54, 1.807) is 30.3 Å². The van der Waals surface area contributed by atoms with E-state index in [1.165, 1.54) is 20.5 Å². The van der Waals surface area contributed by atoms with Crippen LogP contribution in [-0.2, 0) is 0 Å². The fourth-order valence-corrected chi connectivity index (χ4v) is 2.04. The van der Waals surface area contributed by atoms with Crippen molar-refractivity contribution in [2.24, 2.45) is 0 Å². The molecule has 118 valence electrons. The maximum atomic E-state index is 12.6. The van der Waals surface area contributed by atoms with Gasteiger partial charge in [0.1, 0.15) is 11.5 Å². The smallest absolute Gasteiger partial charge is 0.281 e. The zero-order chi connectivity index (χ0) is 16.4. The Labute approximate surface area is 131 Å². The number of aromatic nitrogens is 3. The number of carbonyl (C=O) groups excluding carboxylic acids is 1. The van der Waals surface area contributed by atoms with Crippen molar-refractivity contribution < 1.29 is 18.7 Å². The van der Waals surface area contributed by atoms with E-state index in [0.29, 0.717) is 22.8 Å². The fourth-order valence-electron chi connectivity index (χ4n) is 2.04. The van der Waals surface area contributed by atoms with Gasteiger partial charge >= 0.3 is 0 Å². The number of ether oxygens (including phenoxy) is 2. The molecule has 0 fully saturated rings. The summed E-state index contributed by atoms with van der Waals surface area (Å²) < 4.78 is 16.5. The maximum Gasteiger partial charge on any atom is 0.281 e. The number of rotatable bonds is 4. The van der Waals surface area contributed by atoms with E-state index in [0.717, 1.165) is 4.68 Å². The lowest BCUT2D eigenvalue weighted by Gasteiger charge is -2.07. The summed E-state index contributed by atoms with van der Waals surface area (Å²) in [5.41, 5.74) is 6.10. The molecule has 0 bridgehead atoms. The molecule has 0 saturated carbocycles. The van der Waals surface area contributed by atoms with Gasteiger partial charge in [0.2, 0.25) is 11.8 Å². The topological polar surface area (TPSA) is 105 Å². The molecule has 0 saturated heterocycles. The highest BCUT2D eigenvalue weighted by atomic mass is 16.5. The Bertz CT molecular complexity index is 817. The molecule has 0 radical (unpaired) electrons. The Hall–Kier alpha value is -3.29. The first-order valence-electron chi connectivity index (χ1n) is 6.66. The Morgan fingerprint density at radius 1 is 1.22 bits per heavy atom. The number of nitrogens with zero attached hydrogens (tertiary/aromatic N) is 3. The number of benzene rings is 1. The van der Waals surface area contributed by atoms with E-state index in [-0.39, 0.29) is 11.8 Å². The Morgan fingerprint density at radius 2 is 1.91 bits per heavy atom. The molecule has 2 N–H and O–H groups in total. The minimum atomic E-state index is -0.454. The number of hydrogen-bond donors (Lipinski definition) is 1. The van der Waals surface area contributed by atoms with Gasteiger partial charge in [-0.2, -0.15) is 9.67 Å². The second-order valence-corrected chi connectivity index (χ2v) is 4.59. The van der Waals surface area contributed by atoms with Crippen molar-refractivity contribution in [3.8, 4) is 23.1 Å². The highest BCUT2D eigenvalue weighted by Crippen LogP contribution is 2.24. The largest absolute Gasteiger partial charge is 0.497 e. The molecule has 8 heteroatoms. The summed E-state index contributed by atoms with van der Waals surface area (Å²) in [4.78, 5) is 16.7. The van der Waals surface area contributed by atoms with E-state index < -0.39 is 5.91 Å². The predicted octanol–water partition coefficient (Wildman–Crippen LogP) is 1.83. The molecule has 0 atom stereocenters. The number of nitrogens with two attached hydrogens (primary N) is 1. The lowest BCUT2D eigenvalue weighted by molar-refractivity contribution is 0.0947. The Kier molecular flexibility index (Phi) is 3.71. The minimum Gasteiger partial charge on any atom is -0.497 e. The van der Waals surface area contributed by atoms with E-state index >= 15 is 0 Å². The van der Waals surface area contributed by atoms with E-state index in [9.17, 15) is 4.79 Å². The molecule has 3 rings (SSSR count). The number of nitrogen functional groups attached to an aromatic ring is 1. The van der Waals surface area contributed by atoms with Gasteiger partial charge in [-0.25, -0.2) is 0 Å². The molecule has 3 aromatic rings. The Morgan fingerprint density at radius 3 is 2.48 bits per heavy atom. The molecule has 0 aliphatic rings. The van der Waals surface area contributed by atoms with E-state index in [1.807, 2.05) is 0 Å². The third kappa shape index (κ3) is 2.73. The van der Waals surface area contributed by atoms with Crippen molar-refractivity contribution in [1.29, 1.82) is 0 Å². The molecule has 0 amide bonds. The maximum absolute atomic E-state index is 12.6. The van der Waals surface area contributed by atoms with Gasteiger partial charge in [-0.15, -0.1) is 5.10 Å². The van der Waals surface area contributed by atoms with Gasteiger partial charge in [-0.3, -0.25) is 4.79 Å². The van der Waals surface area contributed by atoms with Crippen molar-refractivity contribution in [1.82, 2.24) is 14.8 Å². The van der Waals surface area contributed by atoms with Crippen molar-refractivity contribution in [3.63, 3.8) is 0 Å². The summed E-state index contributed by atoms with van der Waals surface area (Å²) >= 11 is 0. The van der Waals surface area contributed by atoms with Crippen LogP contribution >= 0.6 is 0 Å². The number of carbonyl (C=O) groups is 1. The average molecular weight is 314 g/mol. The second-order valence-electron chi connectivity index (χ2n) is 4.59. The van der Waals surface area contributed by atoms with Crippen LogP contribution in [-0.4, -0.2) is 34.9 Å². The summed E-state index contributed by atoms with van der Waals surface area (Å²) in [6.45, 7) is 0. The van der Waals surface area contributed by atoms with Crippen molar-refractivity contribution >= 4 is 11.9 Å². The molecule has 2 heterocycles. The SMILES string of the molecule is COc1cc(OC)cc(C(=O)n2nc(-c3ccco3)nc2N)c1. The van der Waals surface area contributed by atoms with Gasteiger partial charge in [0.25, 0.3) is 5.91 Å². The molecule has 0 spiro atoms. The van der Waals surface area contributed by atoms with Crippen LogP contribution in [0.25, 0.3) is 11.6 Å².